The molecule has 29 heavy (non-hydrogen) atoms. The minimum absolute atomic E-state index is 0.0222. The number of amides is 1. The number of aryl methyl sites for hydroxylation is 1. The third kappa shape index (κ3) is 3.50. The number of hydrogen-bond acceptors (Lipinski definition) is 4. The van der Waals surface area contributed by atoms with Crippen LogP contribution in [0.3, 0.4) is 0 Å². The van der Waals surface area contributed by atoms with E-state index in [-0.39, 0.29) is 35.6 Å². The number of carbonyl (C=O) groups is 1. The number of ether oxygens (including phenoxy) is 2. The molecule has 1 amide bonds. The summed E-state index contributed by atoms with van der Waals surface area (Å²) in [7, 11) is 3.15. The van der Waals surface area contributed by atoms with E-state index < -0.39 is 23.7 Å². The van der Waals surface area contributed by atoms with Gasteiger partial charge in [0.25, 0.3) is 0 Å². The quantitative estimate of drug-likeness (QED) is 0.831. The molecule has 1 unspecified atom stereocenters. The largest absolute Gasteiger partial charge is 0.493 e. The van der Waals surface area contributed by atoms with Crippen LogP contribution in [0.2, 0.25) is 0 Å². The Morgan fingerprint density at radius 1 is 1.34 bits per heavy atom. The Balaban J connectivity index is 1.55. The molecule has 2 heterocycles. The molecule has 8 heteroatoms. The minimum atomic E-state index is -1.05. The molecule has 6 atom stereocenters. The van der Waals surface area contributed by atoms with E-state index in [1.54, 1.807) is 4.68 Å². The second kappa shape index (κ2) is 7.40. The zero-order valence-electron chi connectivity index (χ0n) is 16.9. The number of rotatable bonds is 5. The van der Waals surface area contributed by atoms with Crippen molar-refractivity contribution in [2.24, 2.45) is 13.0 Å². The van der Waals surface area contributed by atoms with E-state index in [9.17, 15) is 13.6 Å². The number of methoxy groups -OCH3 is 1. The van der Waals surface area contributed by atoms with E-state index in [0.717, 1.165) is 18.1 Å². The Morgan fingerprint density at radius 3 is 2.76 bits per heavy atom. The van der Waals surface area contributed by atoms with Crippen LogP contribution >= 0.6 is 0 Å². The van der Waals surface area contributed by atoms with Crippen molar-refractivity contribution >= 4 is 5.91 Å². The van der Waals surface area contributed by atoms with Crippen molar-refractivity contribution < 1.29 is 23.0 Å². The first-order valence-electron chi connectivity index (χ1n) is 9.78. The molecule has 0 radical (unpaired) electrons. The fraction of sp³-hybridized carbons (Fsp3) is 0.524. The van der Waals surface area contributed by atoms with Crippen LogP contribution < -0.4 is 10.1 Å². The van der Waals surface area contributed by atoms with Gasteiger partial charge in [-0.05, 0) is 30.9 Å². The van der Waals surface area contributed by atoms with Crippen LogP contribution in [0.25, 0.3) is 0 Å². The van der Waals surface area contributed by atoms with Crippen LogP contribution in [-0.2, 0) is 16.6 Å². The number of hydrogen-bond donors (Lipinski definition) is 1. The molecule has 2 aliphatic rings. The molecule has 0 bridgehead atoms. The fourth-order valence-electron chi connectivity index (χ4n) is 4.32. The second-order valence-electron chi connectivity index (χ2n) is 8.04. The standard InChI is InChI=1S/C21H25F2N3O3/c1-10-11(2)29-20(17(10)13-5-6-15(22)18(23)19(13)28-4)21(27)25-16-7-14(16)12-8-24-26(3)9-12/h5-6,8-11,14,16-17,20H,7H2,1-4H3,(H,25,27)/t10-,11-,14-,16?,17+,20-/m1/s1. The van der Waals surface area contributed by atoms with Crippen LogP contribution in [-0.4, -0.2) is 41.0 Å². The normalized spacial score (nSPS) is 31.0. The molecular formula is C21H25F2N3O3. The van der Waals surface area contributed by atoms with E-state index >= 15 is 0 Å². The molecule has 1 aromatic carbocycles. The summed E-state index contributed by atoms with van der Waals surface area (Å²) in [6, 6.07) is 2.57. The van der Waals surface area contributed by atoms with E-state index in [1.807, 2.05) is 33.3 Å². The van der Waals surface area contributed by atoms with Crippen LogP contribution in [0.15, 0.2) is 24.5 Å². The lowest BCUT2D eigenvalue weighted by Crippen LogP contribution is -2.39. The Hall–Kier alpha value is -2.48. The predicted molar refractivity (Wildman–Crippen MR) is 102 cm³/mol. The number of nitrogens with one attached hydrogen (secondary N) is 1. The smallest absolute Gasteiger partial charge is 0.250 e. The van der Waals surface area contributed by atoms with Crippen LogP contribution in [0, 0.1) is 17.6 Å². The van der Waals surface area contributed by atoms with E-state index in [4.69, 9.17) is 9.47 Å². The average Bonchev–Trinajstić information content (AvgIpc) is 3.20. The summed E-state index contributed by atoms with van der Waals surface area (Å²) >= 11 is 0. The summed E-state index contributed by atoms with van der Waals surface area (Å²) in [5.41, 5.74) is 1.54. The third-order valence-corrected chi connectivity index (χ3v) is 6.17. The van der Waals surface area contributed by atoms with Gasteiger partial charge in [0.15, 0.2) is 11.6 Å². The highest BCUT2D eigenvalue weighted by Gasteiger charge is 2.48. The van der Waals surface area contributed by atoms with E-state index in [0.29, 0.717) is 5.56 Å². The Labute approximate surface area is 168 Å². The Kier molecular flexibility index (Phi) is 5.06. The van der Waals surface area contributed by atoms with Gasteiger partial charge in [-0.2, -0.15) is 9.49 Å². The lowest BCUT2D eigenvalue weighted by molar-refractivity contribution is -0.132. The summed E-state index contributed by atoms with van der Waals surface area (Å²) in [5.74, 6) is -2.71. The summed E-state index contributed by atoms with van der Waals surface area (Å²) in [4.78, 5) is 13.0. The fourth-order valence-corrected chi connectivity index (χ4v) is 4.32. The van der Waals surface area contributed by atoms with Crippen molar-refractivity contribution in [3.63, 3.8) is 0 Å². The highest BCUT2D eigenvalue weighted by molar-refractivity contribution is 5.83. The molecule has 4 rings (SSSR count). The minimum Gasteiger partial charge on any atom is -0.493 e. The van der Waals surface area contributed by atoms with Gasteiger partial charge in [0.05, 0.1) is 19.4 Å². The molecule has 6 nitrogen and oxygen atoms in total. The molecule has 156 valence electrons. The van der Waals surface area contributed by atoms with Gasteiger partial charge in [-0.1, -0.05) is 13.0 Å². The molecule has 2 fully saturated rings. The second-order valence-corrected chi connectivity index (χ2v) is 8.04. The van der Waals surface area contributed by atoms with Crippen LogP contribution in [0.4, 0.5) is 8.78 Å². The highest BCUT2D eigenvalue weighted by Crippen LogP contribution is 2.46. The summed E-state index contributed by atoms with van der Waals surface area (Å²) in [5, 5.41) is 7.22. The molecule has 1 saturated carbocycles. The summed E-state index contributed by atoms with van der Waals surface area (Å²) in [6.45, 7) is 3.83. The average molecular weight is 405 g/mol. The summed E-state index contributed by atoms with van der Waals surface area (Å²) in [6.07, 6.45) is 3.59. The molecule has 1 N–H and O–H groups in total. The monoisotopic (exact) mass is 405 g/mol. The molecule has 2 aromatic rings. The van der Waals surface area contributed by atoms with Crippen molar-refractivity contribution in [1.82, 2.24) is 15.1 Å². The van der Waals surface area contributed by atoms with Crippen LogP contribution in [0.5, 0.6) is 5.75 Å². The number of carbonyl (C=O) groups excluding carboxylic acids is 1. The van der Waals surface area contributed by atoms with Crippen molar-refractivity contribution in [2.75, 3.05) is 7.11 Å². The van der Waals surface area contributed by atoms with Gasteiger partial charge in [-0.15, -0.1) is 0 Å². The SMILES string of the molecule is COc1c([C@@H]2[C@H](C)[C@@H](C)O[C@H]2C(=O)NC2C[C@@H]2c2cnn(C)c2)ccc(F)c1F. The number of benzene rings is 1. The number of halogens is 2. The summed E-state index contributed by atoms with van der Waals surface area (Å²) < 4.78 is 40.8. The van der Waals surface area contributed by atoms with Gasteiger partial charge in [-0.25, -0.2) is 4.39 Å². The number of aromatic nitrogens is 2. The van der Waals surface area contributed by atoms with Gasteiger partial charge in [-0.3, -0.25) is 9.48 Å². The first-order chi connectivity index (χ1) is 13.8. The van der Waals surface area contributed by atoms with E-state index in [1.165, 1.54) is 13.2 Å². The molecule has 1 aromatic heterocycles. The molecule has 0 spiro atoms. The maximum atomic E-state index is 14.3. The Morgan fingerprint density at radius 2 is 2.10 bits per heavy atom. The van der Waals surface area contributed by atoms with E-state index in [2.05, 4.69) is 10.4 Å². The van der Waals surface area contributed by atoms with Gasteiger partial charge >= 0.3 is 0 Å². The molecule has 1 saturated heterocycles. The first kappa shape index (κ1) is 19.8. The predicted octanol–water partition coefficient (Wildman–Crippen LogP) is 2.89. The molecule has 1 aliphatic heterocycles. The zero-order chi connectivity index (χ0) is 20.9. The highest BCUT2D eigenvalue weighted by atomic mass is 19.2. The Bertz CT molecular complexity index is 932. The van der Waals surface area contributed by atoms with Crippen molar-refractivity contribution in [1.29, 1.82) is 0 Å². The maximum absolute atomic E-state index is 14.3. The lowest BCUT2D eigenvalue weighted by Gasteiger charge is -2.23. The van der Waals surface area contributed by atoms with Gasteiger partial charge in [0, 0.05) is 36.7 Å². The maximum Gasteiger partial charge on any atom is 0.250 e. The topological polar surface area (TPSA) is 65.4 Å². The zero-order valence-corrected chi connectivity index (χ0v) is 16.9. The van der Waals surface area contributed by atoms with Crippen molar-refractivity contribution in [3.8, 4) is 5.75 Å². The lowest BCUT2D eigenvalue weighted by atomic mass is 9.82. The third-order valence-electron chi connectivity index (χ3n) is 6.17. The number of nitrogens with zero attached hydrogens (tertiary/aromatic N) is 2. The first-order valence-corrected chi connectivity index (χ1v) is 9.78. The van der Waals surface area contributed by atoms with Gasteiger partial charge in [0.1, 0.15) is 6.10 Å². The van der Waals surface area contributed by atoms with Crippen molar-refractivity contribution in [3.05, 3.63) is 47.3 Å². The van der Waals surface area contributed by atoms with Crippen LogP contribution in [0.1, 0.15) is 43.2 Å². The van der Waals surface area contributed by atoms with Crippen molar-refractivity contribution in [2.45, 2.75) is 50.4 Å². The molecular weight excluding hydrogens is 380 g/mol. The van der Waals surface area contributed by atoms with Gasteiger partial charge < -0.3 is 14.8 Å². The molecule has 1 aliphatic carbocycles. The van der Waals surface area contributed by atoms with Gasteiger partial charge in [0.2, 0.25) is 11.7 Å².